The average Bonchev–Trinajstić information content (AvgIpc) is 3.22. The molecule has 4 rings (SSSR count). The van der Waals surface area contributed by atoms with E-state index in [9.17, 15) is 0 Å². The molecule has 1 atom stereocenters. The Morgan fingerprint density at radius 3 is 1.68 bits per heavy atom. The van der Waals surface area contributed by atoms with Gasteiger partial charge in [-0.05, 0) is 22.1 Å². The van der Waals surface area contributed by atoms with E-state index >= 15 is 0 Å². The zero-order valence-electron chi connectivity index (χ0n) is 20.6. The van der Waals surface area contributed by atoms with Gasteiger partial charge in [0.05, 0.1) is 0 Å². The summed E-state index contributed by atoms with van der Waals surface area (Å²) in [6.07, 6.45) is 13.0. The summed E-state index contributed by atoms with van der Waals surface area (Å²) >= 11 is -2.04. The van der Waals surface area contributed by atoms with E-state index < -0.39 is 16.8 Å². The van der Waals surface area contributed by atoms with E-state index in [1.807, 2.05) is 36.4 Å². The molecule has 0 amide bonds. The maximum Gasteiger partial charge on any atom is -0.0149 e. The first-order valence-corrected chi connectivity index (χ1v) is 16.6. The van der Waals surface area contributed by atoms with E-state index in [2.05, 4.69) is 120 Å². The Kier molecular flexibility index (Phi) is 10.7. The van der Waals surface area contributed by atoms with Gasteiger partial charge in [0.1, 0.15) is 0 Å². The van der Waals surface area contributed by atoms with Crippen LogP contribution in [-0.4, -0.2) is 16.5 Å². The fraction of sp³-hybridized carbons (Fsp3) is 0.226. The summed E-state index contributed by atoms with van der Waals surface area (Å²) in [6, 6.07) is 29.4. The Balaban J connectivity index is 0.000000234. The second-order valence-corrected chi connectivity index (χ2v) is 16.8. The van der Waals surface area contributed by atoms with Crippen molar-refractivity contribution in [2.75, 3.05) is 0 Å². The van der Waals surface area contributed by atoms with Crippen LogP contribution in [-0.2, 0) is 16.8 Å². The molecule has 0 heterocycles. The standard InChI is InChI=1S/C16H14.C9H7.C4H10N.2CH3.H4Si.Ti/c1-3-9-15(10-4-1)13-7-8-14-16-11-5-2-6-12-16;1-2-5-9-7-3-6-8(9)4-1;1-4(2,3)5;;;;/h1-14H;1-7H;5H,1-3H3;2*1H3;1H4;/q;;-1;;;;+1. The summed E-state index contributed by atoms with van der Waals surface area (Å²) in [4.78, 5) is 0. The van der Waals surface area contributed by atoms with Gasteiger partial charge >= 0.3 is 109 Å². The molecule has 3 aromatic carbocycles. The zero-order valence-corrected chi connectivity index (χ0v) is 22.2. The van der Waals surface area contributed by atoms with Crippen LogP contribution in [0.15, 0.2) is 103 Å². The average molecular weight is 504 g/mol. The molecule has 178 valence electrons. The quantitative estimate of drug-likeness (QED) is 0.285. The first-order chi connectivity index (χ1) is 15.7. The number of hydrogen-bond donors (Lipinski definition) is 1. The molecule has 34 heavy (non-hydrogen) atoms. The van der Waals surface area contributed by atoms with Crippen molar-refractivity contribution in [3.05, 3.63) is 125 Å². The van der Waals surface area contributed by atoms with Gasteiger partial charge in [-0.1, -0.05) is 85.0 Å². The molecule has 1 aliphatic carbocycles. The minimum absolute atomic E-state index is 0. The van der Waals surface area contributed by atoms with Gasteiger partial charge in [-0.2, -0.15) is 0 Å². The third kappa shape index (κ3) is 8.85. The summed E-state index contributed by atoms with van der Waals surface area (Å²) in [5, 5.41) is 4.95. The predicted molar refractivity (Wildman–Crippen MR) is 155 cm³/mol. The van der Waals surface area contributed by atoms with Crippen molar-refractivity contribution in [1.29, 1.82) is 0 Å². The van der Waals surface area contributed by atoms with Crippen molar-refractivity contribution >= 4 is 29.2 Å². The smallest absolute Gasteiger partial charge is 0.0149 e. The first kappa shape index (κ1) is 28.0. The van der Waals surface area contributed by atoms with E-state index in [0.717, 1.165) is 0 Å². The fourth-order valence-corrected chi connectivity index (χ4v) is 10.2. The Bertz CT molecular complexity index is 1050. The van der Waals surface area contributed by atoms with Crippen LogP contribution >= 0.6 is 0 Å². The van der Waals surface area contributed by atoms with Crippen LogP contribution in [0.25, 0.3) is 18.2 Å². The Hall–Kier alpha value is -2.23. The molecule has 0 bridgehead atoms. The minimum Gasteiger partial charge on any atom is -0.0149 e. The van der Waals surface area contributed by atoms with Gasteiger partial charge in [0, 0.05) is 0 Å². The van der Waals surface area contributed by atoms with E-state index in [4.69, 9.17) is 0 Å². The molecule has 1 aliphatic rings. The van der Waals surface area contributed by atoms with Crippen molar-refractivity contribution in [3.63, 3.8) is 0 Å². The van der Waals surface area contributed by atoms with E-state index in [0.29, 0.717) is 4.22 Å². The maximum absolute atomic E-state index is 3.91. The van der Waals surface area contributed by atoms with Crippen LogP contribution in [0.4, 0.5) is 0 Å². The molecule has 0 aromatic heterocycles. The molecular weight excluding hydrogens is 462 g/mol. The van der Waals surface area contributed by atoms with Crippen molar-refractivity contribution in [2.45, 2.75) is 41.0 Å². The van der Waals surface area contributed by atoms with Crippen molar-refractivity contribution in [3.8, 4) is 0 Å². The summed E-state index contributed by atoms with van der Waals surface area (Å²) in [5.41, 5.74) is 5.59. The third-order valence-corrected chi connectivity index (χ3v) is 11.0. The Labute approximate surface area is 215 Å². The summed E-state index contributed by atoms with van der Waals surface area (Å²) in [7, 11) is 0. The van der Waals surface area contributed by atoms with Crippen LogP contribution in [0.2, 0.25) is 10.5 Å². The van der Waals surface area contributed by atoms with Gasteiger partial charge in [0.15, 0.2) is 0 Å². The Morgan fingerprint density at radius 2 is 1.18 bits per heavy atom. The van der Waals surface area contributed by atoms with Gasteiger partial charge in [0.2, 0.25) is 0 Å². The van der Waals surface area contributed by atoms with Gasteiger partial charge in [-0.25, -0.2) is 0 Å². The van der Waals surface area contributed by atoms with Crippen LogP contribution in [0, 0.1) is 0 Å². The van der Waals surface area contributed by atoms with Crippen LogP contribution < -0.4 is 3.80 Å². The molecule has 0 aliphatic heterocycles. The largest absolute Gasteiger partial charge is 0.0149 e. The molecular formula is C31H41NSiTi. The molecule has 0 spiro atoms. The number of allylic oxidation sites excluding steroid dienone is 3. The van der Waals surface area contributed by atoms with E-state index in [1.165, 1.54) is 22.3 Å². The van der Waals surface area contributed by atoms with Crippen molar-refractivity contribution < 1.29 is 16.8 Å². The number of hydrogen-bond acceptors (Lipinski definition) is 1. The first-order valence-electron chi connectivity index (χ1n) is 11.8. The minimum atomic E-state index is -2.04. The zero-order chi connectivity index (χ0) is 23.7. The summed E-state index contributed by atoms with van der Waals surface area (Å²) in [6.45, 7) is 6.81. The normalized spacial score (nSPS) is 15.0. The second kappa shape index (κ2) is 13.0. The molecule has 1 N–H and O–H groups in total. The second-order valence-electron chi connectivity index (χ2n) is 10.1. The number of benzene rings is 3. The van der Waals surface area contributed by atoms with Crippen LogP contribution in [0.1, 0.15) is 47.2 Å². The van der Waals surface area contributed by atoms with Gasteiger partial charge < -0.3 is 0 Å². The molecule has 3 heteroatoms. The van der Waals surface area contributed by atoms with Crippen LogP contribution in [0.5, 0.6) is 0 Å². The number of nitrogens with one attached hydrogen (secondary N) is 1. The van der Waals surface area contributed by atoms with E-state index in [-0.39, 0.29) is 16.5 Å². The van der Waals surface area contributed by atoms with Gasteiger partial charge in [-0.3, -0.25) is 0 Å². The third-order valence-electron chi connectivity index (χ3n) is 5.56. The van der Waals surface area contributed by atoms with Crippen molar-refractivity contribution in [1.82, 2.24) is 3.80 Å². The molecule has 0 fully saturated rings. The number of fused-ring (bicyclic) bond motifs is 1. The van der Waals surface area contributed by atoms with Crippen LogP contribution in [0.3, 0.4) is 0 Å². The Morgan fingerprint density at radius 1 is 0.706 bits per heavy atom. The molecule has 1 unspecified atom stereocenters. The monoisotopic (exact) mass is 503 g/mol. The fourth-order valence-electron chi connectivity index (χ4n) is 4.38. The summed E-state index contributed by atoms with van der Waals surface area (Å²) in [5.74, 6) is 0. The molecule has 0 saturated heterocycles. The molecule has 0 radical (unpaired) electrons. The van der Waals surface area contributed by atoms with E-state index in [1.54, 1.807) is 0 Å². The number of rotatable bonds is 5. The van der Waals surface area contributed by atoms with Gasteiger partial charge in [0.25, 0.3) is 0 Å². The summed E-state index contributed by atoms with van der Waals surface area (Å²) < 4.78 is 4.56. The molecule has 1 nitrogen and oxygen atoms in total. The maximum atomic E-state index is 3.91. The predicted octanol–water partition coefficient (Wildman–Crippen LogP) is 7.27. The van der Waals surface area contributed by atoms with Gasteiger partial charge in [-0.15, -0.1) is 0 Å². The topological polar surface area (TPSA) is 12.0 Å². The SMILES string of the molecule is C(C=Cc1ccccc1)=Cc1ccccc1.CC(C)(C)[NH][Ti]([CH3])([CH3])[CH]1C=Cc2ccccc21.[SiH4]. The molecule has 3 aromatic rings. The van der Waals surface area contributed by atoms with Crippen molar-refractivity contribution in [2.24, 2.45) is 0 Å². The molecule has 0 saturated carbocycles.